The molecule has 2 unspecified atom stereocenters. The minimum atomic E-state index is -0.262. The number of carbonyl (C=O) groups is 1. The highest BCUT2D eigenvalue weighted by Gasteiger charge is 2.30. The number of nitrogens with zero attached hydrogens (tertiary/aromatic N) is 2. The second-order valence-corrected chi connectivity index (χ2v) is 16.1. The first kappa shape index (κ1) is 36.3. The Hall–Kier alpha value is 0.120. The van der Waals surface area contributed by atoms with Crippen LogP contribution in [0.2, 0.25) is 0 Å². The molecule has 0 radical (unpaired) electrons. The number of thiocarbonyl (C=S) groups is 2. The number of thioether (sulfide) groups is 2. The Bertz CT molecular complexity index is 637. The highest BCUT2D eigenvalue weighted by Crippen LogP contribution is 2.41. The lowest BCUT2D eigenvalue weighted by Gasteiger charge is -2.31. The van der Waals surface area contributed by atoms with Gasteiger partial charge in [0.15, 0.2) is 0 Å². The van der Waals surface area contributed by atoms with Crippen LogP contribution in [0.15, 0.2) is 12.3 Å². The van der Waals surface area contributed by atoms with E-state index in [1.54, 1.807) is 29.0 Å². The topological polar surface area (TPSA) is 32.8 Å². The van der Waals surface area contributed by atoms with Crippen LogP contribution in [-0.4, -0.2) is 95.9 Å². The fourth-order valence-electron chi connectivity index (χ4n) is 2.86. The summed E-state index contributed by atoms with van der Waals surface area (Å²) in [6, 6.07) is 0. The van der Waals surface area contributed by atoms with Crippen molar-refractivity contribution in [3.63, 3.8) is 0 Å². The van der Waals surface area contributed by atoms with E-state index in [0.29, 0.717) is 18.8 Å². The van der Waals surface area contributed by atoms with Crippen LogP contribution in [-0.2, 0) is 9.53 Å². The fourth-order valence-corrected chi connectivity index (χ4v) is 5.96. The molecule has 9 heteroatoms. The molecule has 34 heavy (non-hydrogen) atoms. The summed E-state index contributed by atoms with van der Waals surface area (Å²) >= 11 is 13.1. The molecule has 0 aromatic carbocycles. The van der Waals surface area contributed by atoms with E-state index in [-0.39, 0.29) is 23.7 Å². The number of Topliss-reactive ketones (excluding diaryl/α,β-unsaturated/α-hetero) is 1. The van der Waals surface area contributed by atoms with Gasteiger partial charge in [-0.2, -0.15) is 11.8 Å². The van der Waals surface area contributed by atoms with Crippen molar-refractivity contribution < 1.29 is 9.53 Å². The summed E-state index contributed by atoms with van der Waals surface area (Å²) in [6.07, 6.45) is 5.49. The molecule has 2 atom stereocenters. The van der Waals surface area contributed by atoms with Gasteiger partial charge in [-0.3, -0.25) is 4.79 Å². The Balaban J connectivity index is 0. The Morgan fingerprint density at radius 1 is 1.18 bits per heavy atom. The highest BCUT2D eigenvalue weighted by atomic mass is 32.2. The molecule has 0 rings (SSSR count). The van der Waals surface area contributed by atoms with Gasteiger partial charge in [0.05, 0.1) is 16.8 Å². The number of ketones is 1. The average Bonchev–Trinajstić information content (AvgIpc) is 2.73. The molecule has 0 saturated heterocycles. The Labute approximate surface area is 231 Å². The van der Waals surface area contributed by atoms with E-state index in [9.17, 15) is 4.79 Å². The molecule has 4 nitrogen and oxygen atoms in total. The Morgan fingerprint density at radius 3 is 2.09 bits per heavy atom. The van der Waals surface area contributed by atoms with Gasteiger partial charge in [0.25, 0.3) is 0 Å². The van der Waals surface area contributed by atoms with E-state index < -0.39 is 0 Å². The van der Waals surface area contributed by atoms with Crippen LogP contribution in [0.25, 0.3) is 0 Å². The Kier molecular flexibility index (Phi) is 19.6. The lowest BCUT2D eigenvalue weighted by atomic mass is 9.88. The van der Waals surface area contributed by atoms with E-state index in [1.807, 2.05) is 38.0 Å². The van der Waals surface area contributed by atoms with Gasteiger partial charge in [-0.05, 0) is 51.2 Å². The van der Waals surface area contributed by atoms with Gasteiger partial charge in [-0.25, -0.2) is 0 Å². The van der Waals surface area contributed by atoms with Gasteiger partial charge in [0.1, 0.15) is 15.9 Å². The minimum Gasteiger partial charge on any atom is -0.496 e. The molecule has 0 bridgehead atoms. The van der Waals surface area contributed by atoms with Gasteiger partial charge >= 0.3 is 0 Å². The quantitative estimate of drug-likeness (QED) is 0.0958. The van der Waals surface area contributed by atoms with Gasteiger partial charge in [0.2, 0.25) is 0 Å². The maximum Gasteiger partial charge on any atom is 0.140 e. The van der Waals surface area contributed by atoms with E-state index in [4.69, 9.17) is 17.0 Å². The number of hydrogen-bond acceptors (Lipinski definition) is 6. The minimum absolute atomic E-state index is 0.171. The summed E-state index contributed by atoms with van der Waals surface area (Å²) in [5.41, 5.74) is 1.98. The standard InChI is InChI=1S/C22H42NO2PS3.C3H7NS/c1-17(25-14-15-29-20(27)23(6)7)22(5,28-10)13-11-12-18(24)19(26(8)9)16-21(2,3)4;1-4(2)3-5/h19H,1,11-16H2,2-10H3;3H,1-2H3. The van der Waals surface area contributed by atoms with Crippen molar-refractivity contribution in [3.8, 4) is 0 Å². The lowest BCUT2D eigenvalue weighted by molar-refractivity contribution is -0.119. The zero-order valence-corrected chi connectivity index (χ0v) is 27.6. The van der Waals surface area contributed by atoms with Crippen LogP contribution in [0.5, 0.6) is 0 Å². The molecule has 0 aliphatic rings. The van der Waals surface area contributed by atoms with Crippen molar-refractivity contribution in [2.24, 2.45) is 5.41 Å². The molecule has 0 aliphatic heterocycles. The van der Waals surface area contributed by atoms with E-state index >= 15 is 0 Å². The van der Waals surface area contributed by atoms with Crippen molar-refractivity contribution in [2.45, 2.75) is 63.8 Å². The summed E-state index contributed by atoms with van der Waals surface area (Å²) in [4.78, 5) is 16.6. The molecule has 0 fully saturated rings. The van der Waals surface area contributed by atoms with Crippen molar-refractivity contribution in [1.82, 2.24) is 9.80 Å². The molecule has 0 spiro atoms. The van der Waals surface area contributed by atoms with Crippen LogP contribution in [0, 0.1) is 5.41 Å². The zero-order valence-electron chi connectivity index (χ0n) is 23.4. The molecule has 0 heterocycles. The summed E-state index contributed by atoms with van der Waals surface area (Å²) in [7, 11) is 7.43. The maximum atomic E-state index is 12.9. The third-order valence-corrected chi connectivity index (χ3v) is 10.3. The normalized spacial score (nSPS) is 13.8. The second-order valence-electron chi connectivity index (χ2n) is 10.3. The number of ether oxygens (including phenoxy) is 1. The van der Waals surface area contributed by atoms with Gasteiger partial charge < -0.3 is 14.5 Å². The van der Waals surface area contributed by atoms with Crippen LogP contribution in [0.1, 0.15) is 53.4 Å². The van der Waals surface area contributed by atoms with Crippen molar-refractivity contribution in [3.05, 3.63) is 12.3 Å². The van der Waals surface area contributed by atoms with Crippen LogP contribution < -0.4 is 0 Å². The summed E-state index contributed by atoms with van der Waals surface area (Å²) in [6.45, 7) is 18.1. The van der Waals surface area contributed by atoms with Gasteiger partial charge in [-0.1, -0.05) is 63.5 Å². The lowest BCUT2D eigenvalue weighted by Crippen LogP contribution is -2.27. The highest BCUT2D eigenvalue weighted by molar-refractivity contribution is 8.22. The van der Waals surface area contributed by atoms with Crippen molar-refractivity contribution in [2.75, 3.05) is 60.1 Å². The smallest absolute Gasteiger partial charge is 0.140 e. The molecule has 0 amide bonds. The van der Waals surface area contributed by atoms with E-state index in [2.05, 4.69) is 66.1 Å². The predicted molar refractivity (Wildman–Crippen MR) is 169 cm³/mol. The third-order valence-electron chi connectivity index (χ3n) is 5.08. The van der Waals surface area contributed by atoms with Crippen LogP contribution in [0.4, 0.5) is 0 Å². The van der Waals surface area contributed by atoms with E-state index in [0.717, 1.165) is 35.1 Å². The van der Waals surface area contributed by atoms with Crippen molar-refractivity contribution >= 4 is 71.5 Å². The molecule has 0 saturated carbocycles. The number of rotatable bonds is 14. The van der Waals surface area contributed by atoms with Crippen LogP contribution in [0.3, 0.4) is 0 Å². The first-order valence-corrected chi connectivity index (χ1v) is 16.9. The number of hydrogen-bond donors (Lipinski definition) is 0. The third kappa shape index (κ3) is 17.5. The summed E-state index contributed by atoms with van der Waals surface area (Å²) < 4.78 is 6.63. The molecule has 0 aliphatic carbocycles. The first-order valence-electron chi connectivity index (χ1n) is 11.5. The second kappa shape index (κ2) is 18.4. The molecular formula is C25H49N2O2PS4. The molecule has 0 aromatic heterocycles. The maximum absolute atomic E-state index is 12.9. The monoisotopic (exact) mass is 568 g/mol. The number of carbonyl (C=O) groups excluding carboxylic acids is 1. The van der Waals surface area contributed by atoms with Gasteiger partial charge in [0, 0.05) is 46.0 Å². The van der Waals surface area contributed by atoms with E-state index in [1.165, 1.54) is 0 Å². The largest absolute Gasteiger partial charge is 0.496 e. The SMILES string of the molecule is C=C(OCCSC(=S)N(C)C)C(C)(CCCC(=O)C(CC(C)(C)C)P(C)C)SC.CN(C)C=S. The van der Waals surface area contributed by atoms with Crippen LogP contribution >= 0.6 is 55.9 Å². The molecule has 0 aromatic rings. The first-order chi connectivity index (χ1) is 15.5. The zero-order chi connectivity index (χ0) is 27.1. The molecule has 200 valence electrons. The van der Waals surface area contributed by atoms with Crippen molar-refractivity contribution in [1.29, 1.82) is 0 Å². The Morgan fingerprint density at radius 2 is 1.71 bits per heavy atom. The van der Waals surface area contributed by atoms with Gasteiger partial charge in [-0.15, -0.1) is 7.92 Å². The fraction of sp³-hybridized carbons (Fsp3) is 0.800. The predicted octanol–water partition coefficient (Wildman–Crippen LogP) is 7.01. The summed E-state index contributed by atoms with van der Waals surface area (Å²) in [5.74, 6) is 2.04. The molecule has 0 N–H and O–H groups in total. The average molecular weight is 569 g/mol. The molecular weight excluding hydrogens is 520 g/mol. The summed E-state index contributed by atoms with van der Waals surface area (Å²) in [5, 5.41) is 0.